The first-order valence-corrected chi connectivity index (χ1v) is 6.05. The van der Waals surface area contributed by atoms with Crippen LogP contribution in [0.5, 0.6) is 5.75 Å². The maximum absolute atomic E-state index is 9.23. The van der Waals surface area contributed by atoms with Crippen molar-refractivity contribution in [1.82, 2.24) is 9.61 Å². The van der Waals surface area contributed by atoms with E-state index in [4.69, 9.17) is 0 Å². The Labute approximate surface area is 102 Å². The van der Waals surface area contributed by atoms with Gasteiger partial charge in [-0.15, -0.1) is 11.3 Å². The van der Waals surface area contributed by atoms with E-state index >= 15 is 0 Å². The smallest absolute Gasteiger partial charge is 0.146 e. The van der Waals surface area contributed by atoms with Crippen LogP contribution in [0.4, 0.5) is 11.5 Å². The molecule has 1 aromatic carbocycles. The summed E-state index contributed by atoms with van der Waals surface area (Å²) in [6.45, 7) is 2.06. The lowest BCUT2D eigenvalue weighted by Gasteiger charge is -2.05. The molecule has 0 unspecified atom stereocenters. The van der Waals surface area contributed by atoms with E-state index in [0.29, 0.717) is 0 Å². The van der Waals surface area contributed by atoms with Gasteiger partial charge in [0.25, 0.3) is 0 Å². The van der Waals surface area contributed by atoms with Crippen molar-refractivity contribution in [2.75, 3.05) is 5.32 Å². The number of phenols is 1. The molecule has 5 heteroatoms. The average molecular weight is 245 g/mol. The molecular weight excluding hydrogens is 234 g/mol. The third kappa shape index (κ3) is 1.74. The number of hydrogen-bond acceptors (Lipinski definition) is 4. The molecule has 0 aliphatic heterocycles. The lowest BCUT2D eigenvalue weighted by molar-refractivity contribution is 0.475. The van der Waals surface area contributed by atoms with E-state index in [-0.39, 0.29) is 5.75 Å². The largest absolute Gasteiger partial charge is 0.508 e. The highest BCUT2D eigenvalue weighted by Crippen LogP contribution is 2.29. The van der Waals surface area contributed by atoms with E-state index < -0.39 is 0 Å². The molecule has 0 spiro atoms. The quantitative estimate of drug-likeness (QED) is 0.682. The third-order valence-corrected chi connectivity index (χ3v) is 3.56. The van der Waals surface area contributed by atoms with E-state index in [1.807, 2.05) is 22.7 Å². The van der Waals surface area contributed by atoms with Gasteiger partial charge < -0.3 is 10.4 Å². The minimum atomic E-state index is 0.266. The van der Waals surface area contributed by atoms with Crippen LogP contribution in [-0.2, 0) is 0 Å². The van der Waals surface area contributed by atoms with E-state index in [1.165, 1.54) is 4.88 Å². The Balaban J connectivity index is 2.01. The van der Waals surface area contributed by atoms with Gasteiger partial charge >= 0.3 is 0 Å². The summed E-state index contributed by atoms with van der Waals surface area (Å²) < 4.78 is 1.88. The van der Waals surface area contributed by atoms with Crippen molar-refractivity contribution in [2.45, 2.75) is 6.92 Å². The zero-order valence-electron chi connectivity index (χ0n) is 9.21. The number of nitrogens with zero attached hydrogens (tertiary/aromatic N) is 2. The molecule has 0 aliphatic carbocycles. The molecule has 0 saturated carbocycles. The maximum Gasteiger partial charge on any atom is 0.146 e. The van der Waals surface area contributed by atoms with E-state index in [9.17, 15) is 5.11 Å². The Bertz CT molecular complexity index is 654. The van der Waals surface area contributed by atoms with Crippen molar-refractivity contribution in [1.29, 1.82) is 0 Å². The summed E-state index contributed by atoms with van der Waals surface area (Å²) in [4.78, 5) is 2.30. The minimum Gasteiger partial charge on any atom is -0.508 e. The second-order valence-corrected chi connectivity index (χ2v) is 4.99. The second kappa shape index (κ2) is 3.78. The maximum atomic E-state index is 9.23. The molecule has 86 valence electrons. The predicted molar refractivity (Wildman–Crippen MR) is 69.2 cm³/mol. The van der Waals surface area contributed by atoms with Gasteiger partial charge in [-0.1, -0.05) is 0 Å². The van der Waals surface area contributed by atoms with Crippen LogP contribution in [-0.4, -0.2) is 14.7 Å². The van der Waals surface area contributed by atoms with Crippen molar-refractivity contribution >= 4 is 27.7 Å². The molecule has 2 N–H and O–H groups in total. The molecule has 3 rings (SSSR count). The SMILES string of the molecule is Cc1sc2ccnn2c1Nc1ccc(O)cc1. The number of fused-ring (bicyclic) bond motifs is 1. The number of hydrogen-bond donors (Lipinski definition) is 2. The number of anilines is 2. The number of rotatable bonds is 2. The molecule has 4 nitrogen and oxygen atoms in total. The molecule has 0 bridgehead atoms. The Hall–Kier alpha value is -2.01. The van der Waals surface area contributed by atoms with Gasteiger partial charge in [-0.2, -0.15) is 5.10 Å². The summed E-state index contributed by atoms with van der Waals surface area (Å²) in [7, 11) is 0. The van der Waals surface area contributed by atoms with E-state index in [2.05, 4.69) is 17.3 Å². The van der Waals surface area contributed by atoms with Gasteiger partial charge in [-0.3, -0.25) is 0 Å². The first-order valence-electron chi connectivity index (χ1n) is 5.23. The van der Waals surface area contributed by atoms with Gasteiger partial charge in [0.2, 0.25) is 0 Å². The van der Waals surface area contributed by atoms with Crippen LogP contribution < -0.4 is 5.32 Å². The highest BCUT2D eigenvalue weighted by Gasteiger charge is 2.09. The summed E-state index contributed by atoms with van der Waals surface area (Å²) in [5.74, 6) is 1.24. The van der Waals surface area contributed by atoms with Gasteiger partial charge in [0.1, 0.15) is 16.4 Å². The molecule has 0 radical (unpaired) electrons. The van der Waals surface area contributed by atoms with Crippen LogP contribution >= 0.6 is 11.3 Å². The molecule has 0 amide bonds. The number of benzene rings is 1. The fraction of sp³-hybridized carbons (Fsp3) is 0.0833. The molecule has 17 heavy (non-hydrogen) atoms. The topological polar surface area (TPSA) is 49.6 Å². The highest BCUT2D eigenvalue weighted by atomic mass is 32.1. The van der Waals surface area contributed by atoms with Gasteiger partial charge in [0, 0.05) is 10.6 Å². The van der Waals surface area contributed by atoms with Crippen LogP contribution in [0, 0.1) is 6.92 Å². The van der Waals surface area contributed by atoms with Gasteiger partial charge in [0.15, 0.2) is 0 Å². The Morgan fingerprint density at radius 1 is 1.24 bits per heavy atom. The molecule has 0 saturated heterocycles. The van der Waals surface area contributed by atoms with Crippen LogP contribution in [0.1, 0.15) is 4.88 Å². The molecule has 0 aliphatic rings. The number of aromatic nitrogens is 2. The number of nitrogens with one attached hydrogen (secondary N) is 1. The van der Waals surface area contributed by atoms with Gasteiger partial charge in [-0.25, -0.2) is 4.52 Å². The summed E-state index contributed by atoms with van der Waals surface area (Å²) in [6, 6.07) is 8.97. The molecule has 2 aromatic heterocycles. The highest BCUT2D eigenvalue weighted by molar-refractivity contribution is 7.17. The van der Waals surface area contributed by atoms with Crippen molar-refractivity contribution < 1.29 is 5.11 Å². The molecule has 0 atom stereocenters. The van der Waals surface area contributed by atoms with Crippen molar-refractivity contribution in [2.24, 2.45) is 0 Å². The summed E-state index contributed by atoms with van der Waals surface area (Å²) in [5, 5.41) is 16.8. The number of aryl methyl sites for hydroxylation is 1. The Kier molecular flexibility index (Phi) is 2.26. The summed E-state index contributed by atoms with van der Waals surface area (Å²) in [5.41, 5.74) is 0.932. The molecule has 0 fully saturated rings. The lowest BCUT2D eigenvalue weighted by atomic mass is 10.3. The second-order valence-electron chi connectivity index (χ2n) is 3.76. The fourth-order valence-corrected chi connectivity index (χ4v) is 2.61. The minimum absolute atomic E-state index is 0.266. The molecule has 2 heterocycles. The van der Waals surface area contributed by atoms with Crippen molar-refractivity contribution in [3.63, 3.8) is 0 Å². The third-order valence-electron chi connectivity index (χ3n) is 2.54. The van der Waals surface area contributed by atoms with E-state index in [0.717, 1.165) is 16.3 Å². The number of thiazole rings is 1. The average Bonchev–Trinajstić information content (AvgIpc) is 2.85. The molecular formula is C12H11N3OS. The monoisotopic (exact) mass is 245 g/mol. The summed E-state index contributed by atoms with van der Waals surface area (Å²) >= 11 is 1.70. The zero-order valence-corrected chi connectivity index (χ0v) is 10.0. The fourth-order valence-electron chi connectivity index (χ4n) is 1.71. The van der Waals surface area contributed by atoms with Crippen molar-refractivity contribution in [3.05, 3.63) is 41.4 Å². The van der Waals surface area contributed by atoms with E-state index in [1.54, 1.807) is 29.7 Å². The predicted octanol–water partition coefficient (Wildman–Crippen LogP) is 3.15. The first-order chi connectivity index (χ1) is 8.24. The molecule has 3 aromatic rings. The number of aromatic hydroxyl groups is 1. The lowest BCUT2D eigenvalue weighted by Crippen LogP contribution is -1.96. The van der Waals surface area contributed by atoms with Gasteiger partial charge in [0.05, 0.1) is 6.20 Å². The zero-order chi connectivity index (χ0) is 11.8. The first kappa shape index (κ1) is 10.2. The summed E-state index contributed by atoms with van der Waals surface area (Å²) in [6.07, 6.45) is 1.78. The van der Waals surface area contributed by atoms with Crippen molar-refractivity contribution in [3.8, 4) is 5.75 Å². The standard InChI is InChI=1S/C12H11N3OS/c1-8-12(15-11(17-8)6-7-13-15)14-9-2-4-10(16)5-3-9/h2-7,14,16H,1H3. The van der Waals surface area contributed by atoms with Crippen LogP contribution in [0.25, 0.3) is 4.83 Å². The number of phenolic OH excluding ortho intramolecular Hbond substituents is 1. The van der Waals surface area contributed by atoms with Crippen LogP contribution in [0.3, 0.4) is 0 Å². The Morgan fingerprint density at radius 3 is 2.76 bits per heavy atom. The van der Waals surface area contributed by atoms with Crippen LogP contribution in [0.2, 0.25) is 0 Å². The van der Waals surface area contributed by atoms with Crippen LogP contribution in [0.15, 0.2) is 36.5 Å². The Morgan fingerprint density at radius 2 is 2.00 bits per heavy atom. The van der Waals surface area contributed by atoms with Gasteiger partial charge in [-0.05, 0) is 37.3 Å². The normalized spacial score (nSPS) is 10.9.